The second kappa shape index (κ2) is 8.04. The van der Waals surface area contributed by atoms with Crippen LogP contribution >= 0.6 is 15.9 Å². The van der Waals surface area contributed by atoms with Gasteiger partial charge in [0.2, 0.25) is 0 Å². The normalized spacial score (nSPS) is 16.2. The summed E-state index contributed by atoms with van der Waals surface area (Å²) in [7, 11) is 1.73. The zero-order chi connectivity index (χ0) is 16.1. The highest BCUT2D eigenvalue weighted by atomic mass is 79.9. The molecule has 5 nitrogen and oxygen atoms in total. The van der Waals surface area contributed by atoms with E-state index in [1.807, 2.05) is 18.5 Å². The average molecular weight is 380 g/mol. The van der Waals surface area contributed by atoms with Gasteiger partial charge in [-0.1, -0.05) is 0 Å². The molecule has 0 bridgehead atoms. The lowest BCUT2D eigenvalue weighted by Gasteiger charge is -2.33. The Bertz CT molecular complexity index is 645. The highest BCUT2D eigenvalue weighted by Gasteiger charge is 2.21. The van der Waals surface area contributed by atoms with E-state index in [-0.39, 0.29) is 0 Å². The van der Waals surface area contributed by atoms with Gasteiger partial charge in [0.05, 0.1) is 17.3 Å². The molecular weight excluding hydrogens is 358 g/mol. The van der Waals surface area contributed by atoms with Crippen molar-refractivity contribution < 1.29 is 9.47 Å². The minimum Gasteiger partial charge on any atom is -0.385 e. The molecule has 0 aromatic carbocycles. The summed E-state index contributed by atoms with van der Waals surface area (Å²) in [6.45, 7) is 3.53. The fourth-order valence-electron chi connectivity index (χ4n) is 2.96. The lowest BCUT2D eigenvalue weighted by atomic mass is 10.1. The molecule has 1 aliphatic heterocycles. The number of hydrogen-bond acceptors (Lipinski definition) is 5. The highest BCUT2D eigenvalue weighted by molar-refractivity contribution is 9.10. The van der Waals surface area contributed by atoms with Crippen LogP contribution in [0.15, 0.2) is 29.0 Å². The molecule has 1 aliphatic rings. The molecule has 0 radical (unpaired) electrons. The van der Waals surface area contributed by atoms with Gasteiger partial charge in [0.15, 0.2) is 0 Å². The highest BCUT2D eigenvalue weighted by Crippen LogP contribution is 2.28. The van der Waals surface area contributed by atoms with Crippen LogP contribution in [0.5, 0.6) is 0 Å². The summed E-state index contributed by atoms with van der Waals surface area (Å²) in [5, 5.41) is 0. The Morgan fingerprint density at radius 1 is 1.26 bits per heavy atom. The molecule has 0 spiro atoms. The van der Waals surface area contributed by atoms with E-state index in [1.165, 1.54) is 5.69 Å². The van der Waals surface area contributed by atoms with Gasteiger partial charge in [0, 0.05) is 50.3 Å². The van der Waals surface area contributed by atoms with Crippen molar-refractivity contribution in [2.75, 3.05) is 38.3 Å². The van der Waals surface area contributed by atoms with Crippen LogP contribution in [-0.4, -0.2) is 49.5 Å². The maximum atomic E-state index is 5.93. The van der Waals surface area contributed by atoms with Crippen molar-refractivity contribution >= 4 is 32.7 Å². The molecule has 0 amide bonds. The monoisotopic (exact) mass is 379 g/mol. The van der Waals surface area contributed by atoms with Crippen LogP contribution in [0.3, 0.4) is 0 Å². The van der Waals surface area contributed by atoms with Crippen molar-refractivity contribution in [3.8, 4) is 0 Å². The summed E-state index contributed by atoms with van der Waals surface area (Å²) >= 11 is 3.45. The molecular formula is C17H22BrN3O2. The van der Waals surface area contributed by atoms with Crippen LogP contribution < -0.4 is 4.90 Å². The van der Waals surface area contributed by atoms with Gasteiger partial charge in [0.25, 0.3) is 0 Å². The summed E-state index contributed by atoms with van der Waals surface area (Å²) in [5.41, 5.74) is 3.06. The van der Waals surface area contributed by atoms with Gasteiger partial charge in [-0.15, -0.1) is 0 Å². The molecule has 0 unspecified atom stereocenters. The summed E-state index contributed by atoms with van der Waals surface area (Å²) in [4.78, 5) is 11.4. The van der Waals surface area contributed by atoms with Crippen molar-refractivity contribution in [2.45, 2.75) is 25.4 Å². The van der Waals surface area contributed by atoms with E-state index < -0.39 is 0 Å². The summed E-state index contributed by atoms with van der Waals surface area (Å²) in [5.74, 6) is 0. The Morgan fingerprint density at radius 3 is 2.87 bits per heavy atom. The van der Waals surface area contributed by atoms with E-state index in [4.69, 9.17) is 9.47 Å². The third-order valence-electron chi connectivity index (χ3n) is 4.15. The van der Waals surface area contributed by atoms with Gasteiger partial charge in [-0.2, -0.15) is 0 Å². The first-order valence-electron chi connectivity index (χ1n) is 8.03. The van der Waals surface area contributed by atoms with Gasteiger partial charge >= 0.3 is 0 Å². The maximum absolute atomic E-state index is 5.93. The second-order valence-corrected chi connectivity index (χ2v) is 6.67. The molecule has 0 saturated carbocycles. The van der Waals surface area contributed by atoms with Gasteiger partial charge in [-0.05, 0) is 47.3 Å². The zero-order valence-corrected chi connectivity index (χ0v) is 15.0. The standard InChI is InChI=1S/C17H22BrN3O2/c1-22-9-2-10-23-14-4-7-21(8-5-14)16-3-6-19-15-11-13(18)12-20-17(15)16/h3,6,11-12,14H,2,4-5,7-10H2,1H3. The Kier molecular flexibility index (Phi) is 5.80. The summed E-state index contributed by atoms with van der Waals surface area (Å²) in [6.07, 6.45) is 7.11. The second-order valence-electron chi connectivity index (χ2n) is 5.75. The third-order valence-corrected chi connectivity index (χ3v) is 4.59. The van der Waals surface area contributed by atoms with Crippen LogP contribution in [0.4, 0.5) is 5.69 Å². The van der Waals surface area contributed by atoms with E-state index >= 15 is 0 Å². The number of methoxy groups -OCH3 is 1. The molecule has 3 rings (SSSR count). The first-order valence-corrected chi connectivity index (χ1v) is 8.83. The fourth-order valence-corrected chi connectivity index (χ4v) is 3.28. The molecule has 0 aliphatic carbocycles. The average Bonchev–Trinajstić information content (AvgIpc) is 2.58. The van der Waals surface area contributed by atoms with Crippen LogP contribution in [0.2, 0.25) is 0 Å². The number of hydrogen-bond donors (Lipinski definition) is 0. The van der Waals surface area contributed by atoms with E-state index in [0.29, 0.717) is 6.10 Å². The number of pyridine rings is 2. The number of piperidine rings is 1. The molecule has 0 atom stereocenters. The lowest BCUT2D eigenvalue weighted by molar-refractivity contribution is 0.0258. The van der Waals surface area contributed by atoms with Crippen LogP contribution in [-0.2, 0) is 9.47 Å². The molecule has 1 saturated heterocycles. The number of halogens is 1. The largest absolute Gasteiger partial charge is 0.385 e. The topological polar surface area (TPSA) is 47.5 Å². The predicted molar refractivity (Wildman–Crippen MR) is 94.9 cm³/mol. The van der Waals surface area contributed by atoms with E-state index in [0.717, 1.165) is 61.1 Å². The van der Waals surface area contributed by atoms with E-state index in [1.54, 1.807) is 7.11 Å². The molecule has 6 heteroatoms. The van der Waals surface area contributed by atoms with Gasteiger partial charge in [0.1, 0.15) is 5.52 Å². The van der Waals surface area contributed by atoms with Crippen molar-refractivity contribution in [1.29, 1.82) is 0 Å². The number of ether oxygens (including phenoxy) is 2. The predicted octanol–water partition coefficient (Wildman–Crippen LogP) is 3.41. The Morgan fingerprint density at radius 2 is 2.09 bits per heavy atom. The first-order chi connectivity index (χ1) is 11.3. The van der Waals surface area contributed by atoms with Crippen molar-refractivity contribution in [1.82, 2.24) is 9.97 Å². The summed E-state index contributed by atoms with van der Waals surface area (Å²) < 4.78 is 11.9. The number of aromatic nitrogens is 2. The quantitative estimate of drug-likeness (QED) is 0.719. The first kappa shape index (κ1) is 16.6. The third kappa shape index (κ3) is 4.19. The fraction of sp³-hybridized carbons (Fsp3) is 0.529. The molecule has 124 valence electrons. The molecule has 3 heterocycles. The molecule has 2 aromatic heterocycles. The van der Waals surface area contributed by atoms with Gasteiger partial charge in [-0.3, -0.25) is 9.97 Å². The lowest BCUT2D eigenvalue weighted by Crippen LogP contribution is -2.37. The van der Waals surface area contributed by atoms with Crippen molar-refractivity contribution in [2.24, 2.45) is 0 Å². The van der Waals surface area contributed by atoms with Crippen molar-refractivity contribution in [3.05, 3.63) is 29.0 Å². The van der Waals surface area contributed by atoms with Crippen LogP contribution in [0, 0.1) is 0 Å². The van der Waals surface area contributed by atoms with Gasteiger partial charge in [-0.25, -0.2) is 0 Å². The maximum Gasteiger partial charge on any atom is 0.112 e. The smallest absolute Gasteiger partial charge is 0.112 e. The van der Waals surface area contributed by atoms with Gasteiger partial charge < -0.3 is 14.4 Å². The summed E-state index contributed by atoms with van der Waals surface area (Å²) in [6, 6.07) is 4.07. The Balaban J connectivity index is 1.62. The van der Waals surface area contributed by atoms with Crippen molar-refractivity contribution in [3.63, 3.8) is 0 Å². The number of fused-ring (bicyclic) bond motifs is 1. The van der Waals surface area contributed by atoms with Crippen LogP contribution in [0.1, 0.15) is 19.3 Å². The SMILES string of the molecule is COCCCOC1CCN(c2ccnc3cc(Br)cnc23)CC1. The minimum atomic E-state index is 0.360. The van der Waals surface area contributed by atoms with E-state index in [2.05, 4.69) is 36.9 Å². The zero-order valence-electron chi connectivity index (χ0n) is 13.4. The van der Waals surface area contributed by atoms with E-state index in [9.17, 15) is 0 Å². The minimum absolute atomic E-state index is 0.360. The Hall–Kier alpha value is -1.24. The molecule has 0 N–H and O–H groups in total. The number of rotatable bonds is 6. The Labute approximate surface area is 145 Å². The van der Waals surface area contributed by atoms with Crippen LogP contribution in [0.25, 0.3) is 11.0 Å². The molecule has 23 heavy (non-hydrogen) atoms. The molecule has 1 fully saturated rings. The number of anilines is 1. The molecule has 2 aromatic rings. The number of nitrogens with zero attached hydrogens (tertiary/aromatic N) is 3.